The lowest BCUT2D eigenvalue weighted by Gasteiger charge is -2.18. The van der Waals surface area contributed by atoms with Gasteiger partial charge in [0.05, 0.1) is 0 Å². The molecule has 2 atom stereocenters. The van der Waals surface area contributed by atoms with E-state index in [2.05, 4.69) is 29.5 Å². The van der Waals surface area contributed by atoms with Crippen LogP contribution in [0.25, 0.3) is 0 Å². The normalized spacial score (nSPS) is 16.5. The Labute approximate surface area is 82.1 Å². The molecule has 0 fully saturated rings. The van der Waals surface area contributed by atoms with Crippen molar-refractivity contribution in [2.75, 3.05) is 0 Å². The zero-order chi connectivity index (χ0) is 9.02. The summed E-state index contributed by atoms with van der Waals surface area (Å²) in [6.07, 6.45) is 0.896. The molecule has 1 unspecified atom stereocenters. The van der Waals surface area contributed by atoms with Crippen molar-refractivity contribution in [2.24, 2.45) is 17.6 Å². The van der Waals surface area contributed by atoms with Crippen LogP contribution in [0.3, 0.4) is 0 Å². The van der Waals surface area contributed by atoms with E-state index in [9.17, 15) is 4.79 Å². The van der Waals surface area contributed by atoms with Crippen molar-refractivity contribution in [3.63, 3.8) is 0 Å². The lowest BCUT2D eigenvalue weighted by molar-refractivity contribution is -0.123. The minimum atomic E-state index is -0.163. The monoisotopic (exact) mass is 269 g/mol. The van der Waals surface area contributed by atoms with Crippen molar-refractivity contribution in [1.29, 1.82) is 0 Å². The minimum Gasteiger partial charge on any atom is -0.369 e. The molecule has 0 heterocycles. The number of primary amides is 1. The van der Waals surface area contributed by atoms with Gasteiger partial charge in [-0.05, 0) is 12.3 Å². The molecule has 0 aromatic heterocycles. The Morgan fingerprint density at radius 3 is 2.00 bits per heavy atom. The molecule has 0 aliphatic carbocycles. The van der Waals surface area contributed by atoms with Crippen LogP contribution in [0, 0.1) is 11.8 Å². The molecule has 11 heavy (non-hydrogen) atoms. The van der Waals surface area contributed by atoms with Crippen LogP contribution >= 0.6 is 22.6 Å². The molecular formula is C8H16INO. The molecule has 0 rings (SSSR count). The number of carbonyl (C=O) groups excluding carboxylic acids is 1. The van der Waals surface area contributed by atoms with Gasteiger partial charge < -0.3 is 5.73 Å². The van der Waals surface area contributed by atoms with Crippen molar-refractivity contribution in [2.45, 2.75) is 31.1 Å². The van der Waals surface area contributed by atoms with Gasteiger partial charge in [-0.1, -0.05) is 43.4 Å². The predicted molar refractivity (Wildman–Crippen MR) is 55.6 cm³/mol. The van der Waals surface area contributed by atoms with E-state index in [1.807, 2.05) is 13.8 Å². The number of amides is 1. The number of hydrogen-bond donors (Lipinski definition) is 1. The van der Waals surface area contributed by atoms with E-state index in [0.29, 0.717) is 9.84 Å². The van der Waals surface area contributed by atoms with Crippen LogP contribution < -0.4 is 5.73 Å². The van der Waals surface area contributed by atoms with E-state index >= 15 is 0 Å². The third-order valence-electron chi connectivity index (χ3n) is 1.75. The smallest absolute Gasteiger partial charge is 0.220 e. The second-order valence-corrected chi connectivity index (χ2v) is 5.40. The van der Waals surface area contributed by atoms with Gasteiger partial charge in [-0.15, -0.1) is 0 Å². The molecular weight excluding hydrogens is 253 g/mol. The Bertz CT molecular complexity index is 134. The highest BCUT2D eigenvalue weighted by Gasteiger charge is 2.20. The minimum absolute atomic E-state index is 0.0434. The lowest BCUT2D eigenvalue weighted by atomic mass is 9.91. The fourth-order valence-electron chi connectivity index (χ4n) is 1.07. The summed E-state index contributed by atoms with van der Waals surface area (Å²) >= 11 is 2.32. The summed E-state index contributed by atoms with van der Waals surface area (Å²) in [7, 11) is 0. The first-order valence-corrected chi connectivity index (χ1v) is 5.13. The van der Waals surface area contributed by atoms with Crippen LogP contribution in [0.4, 0.5) is 0 Å². The van der Waals surface area contributed by atoms with Gasteiger partial charge >= 0.3 is 0 Å². The number of halogens is 1. The third-order valence-corrected chi connectivity index (χ3v) is 2.26. The average molecular weight is 269 g/mol. The molecule has 0 radical (unpaired) electrons. The highest BCUT2D eigenvalue weighted by molar-refractivity contribution is 14.1. The zero-order valence-corrected chi connectivity index (χ0v) is 9.46. The van der Waals surface area contributed by atoms with Gasteiger partial charge in [0, 0.05) is 9.84 Å². The molecule has 2 nitrogen and oxygen atoms in total. The Hall–Kier alpha value is 0.200. The molecule has 0 aromatic carbocycles. The number of hydrogen-bond acceptors (Lipinski definition) is 1. The summed E-state index contributed by atoms with van der Waals surface area (Å²) < 4.78 is 0.521. The molecule has 0 bridgehead atoms. The summed E-state index contributed by atoms with van der Waals surface area (Å²) in [4.78, 5) is 10.9. The van der Waals surface area contributed by atoms with Gasteiger partial charge in [-0.2, -0.15) is 0 Å². The van der Waals surface area contributed by atoms with E-state index in [4.69, 9.17) is 5.73 Å². The van der Waals surface area contributed by atoms with E-state index in [1.165, 1.54) is 0 Å². The highest BCUT2D eigenvalue weighted by atomic mass is 127. The van der Waals surface area contributed by atoms with E-state index in [0.717, 1.165) is 6.42 Å². The lowest BCUT2D eigenvalue weighted by Crippen LogP contribution is -2.29. The van der Waals surface area contributed by atoms with Crippen LogP contribution in [0.15, 0.2) is 0 Å². The number of carbonyl (C=O) groups is 1. The fraction of sp³-hybridized carbons (Fsp3) is 0.875. The summed E-state index contributed by atoms with van der Waals surface area (Å²) in [5.74, 6) is 0.245. The van der Waals surface area contributed by atoms with E-state index in [1.54, 1.807) is 0 Å². The Morgan fingerprint density at radius 1 is 1.45 bits per heavy atom. The summed E-state index contributed by atoms with van der Waals surface area (Å²) in [6.45, 7) is 6.17. The maximum atomic E-state index is 10.9. The molecule has 0 aromatic rings. The van der Waals surface area contributed by atoms with Gasteiger partial charge in [0.25, 0.3) is 0 Å². The quantitative estimate of drug-likeness (QED) is 0.615. The maximum Gasteiger partial charge on any atom is 0.220 e. The summed E-state index contributed by atoms with van der Waals surface area (Å²) in [5.41, 5.74) is 5.24. The molecule has 0 spiro atoms. The van der Waals surface area contributed by atoms with Gasteiger partial charge in [0.1, 0.15) is 0 Å². The molecule has 0 aliphatic heterocycles. The second-order valence-electron chi connectivity index (χ2n) is 3.27. The SMILES string of the molecule is CC(I)C[C@@H](C(N)=O)C(C)C. The molecule has 0 saturated carbocycles. The Kier molecular flexibility index (Phi) is 5.04. The number of alkyl halides is 1. The first-order chi connectivity index (χ1) is 4.95. The van der Waals surface area contributed by atoms with Crippen LogP contribution in [-0.2, 0) is 4.79 Å². The molecule has 0 saturated heterocycles. The third kappa shape index (κ3) is 4.61. The van der Waals surface area contributed by atoms with Gasteiger partial charge in [-0.25, -0.2) is 0 Å². The largest absolute Gasteiger partial charge is 0.369 e. The first kappa shape index (κ1) is 11.2. The van der Waals surface area contributed by atoms with Gasteiger partial charge in [-0.3, -0.25) is 4.79 Å². The molecule has 2 N–H and O–H groups in total. The highest BCUT2D eigenvalue weighted by Crippen LogP contribution is 2.20. The van der Waals surface area contributed by atoms with Crippen LogP contribution in [0.5, 0.6) is 0 Å². The van der Waals surface area contributed by atoms with Gasteiger partial charge in [0.2, 0.25) is 5.91 Å². The van der Waals surface area contributed by atoms with Crippen molar-refractivity contribution in [3.05, 3.63) is 0 Å². The summed E-state index contributed by atoms with van der Waals surface area (Å²) in [5, 5.41) is 0. The second kappa shape index (κ2) is 4.95. The molecule has 3 heteroatoms. The fourth-order valence-corrected chi connectivity index (χ4v) is 1.61. The van der Waals surface area contributed by atoms with Gasteiger partial charge in [0.15, 0.2) is 0 Å². The van der Waals surface area contributed by atoms with Crippen molar-refractivity contribution in [1.82, 2.24) is 0 Å². The number of rotatable bonds is 4. The van der Waals surface area contributed by atoms with E-state index in [-0.39, 0.29) is 11.8 Å². The topological polar surface area (TPSA) is 43.1 Å². The van der Waals surface area contributed by atoms with E-state index < -0.39 is 0 Å². The first-order valence-electron chi connectivity index (χ1n) is 3.88. The maximum absolute atomic E-state index is 10.9. The zero-order valence-electron chi connectivity index (χ0n) is 7.30. The van der Waals surface area contributed by atoms with Crippen LogP contribution in [0.1, 0.15) is 27.2 Å². The predicted octanol–water partition coefficient (Wildman–Crippen LogP) is 1.96. The average Bonchev–Trinajstić information content (AvgIpc) is 1.81. The Balaban J connectivity index is 4.01. The summed E-state index contributed by atoms with van der Waals surface area (Å²) in [6, 6.07) is 0. The van der Waals surface area contributed by atoms with Crippen LogP contribution in [0.2, 0.25) is 0 Å². The van der Waals surface area contributed by atoms with Crippen molar-refractivity contribution < 1.29 is 4.79 Å². The standard InChI is InChI=1S/C8H16INO/c1-5(2)7(8(10)11)4-6(3)9/h5-7H,4H2,1-3H3,(H2,10,11)/t6?,7-/m1/s1. The van der Waals surface area contributed by atoms with Crippen LogP contribution in [-0.4, -0.2) is 9.83 Å². The number of nitrogens with two attached hydrogens (primary N) is 1. The van der Waals surface area contributed by atoms with Crippen molar-refractivity contribution >= 4 is 28.5 Å². The molecule has 1 amide bonds. The molecule has 0 aliphatic rings. The Morgan fingerprint density at radius 2 is 1.91 bits per heavy atom. The van der Waals surface area contributed by atoms with Crippen molar-refractivity contribution in [3.8, 4) is 0 Å². The molecule has 66 valence electrons.